The molecule has 0 unspecified atom stereocenters. The molecule has 1 aliphatic rings. The zero-order chi connectivity index (χ0) is 20.8. The van der Waals surface area contributed by atoms with Crippen LogP contribution in [0.25, 0.3) is 0 Å². The van der Waals surface area contributed by atoms with E-state index in [-0.39, 0.29) is 26.3 Å². The zero-order valence-corrected chi connectivity index (χ0v) is 16.9. The van der Waals surface area contributed by atoms with Gasteiger partial charge in [0, 0.05) is 10.0 Å². The van der Waals surface area contributed by atoms with Crippen LogP contribution in [0.3, 0.4) is 0 Å². The first kappa shape index (κ1) is 19.4. The Morgan fingerprint density at radius 1 is 0.759 bits per heavy atom. The van der Waals surface area contributed by atoms with E-state index in [0.717, 1.165) is 4.90 Å². The van der Waals surface area contributed by atoms with Crippen LogP contribution in [0.1, 0.15) is 20.7 Å². The summed E-state index contributed by atoms with van der Waals surface area (Å²) in [6.45, 7) is 0. The van der Waals surface area contributed by atoms with Crippen LogP contribution in [0, 0.1) is 0 Å². The van der Waals surface area contributed by atoms with E-state index in [2.05, 4.69) is 4.72 Å². The molecule has 0 aliphatic carbocycles. The monoisotopic (exact) mass is 446 g/mol. The summed E-state index contributed by atoms with van der Waals surface area (Å²) in [5, 5.41) is 0.576. The van der Waals surface area contributed by atoms with Crippen molar-refractivity contribution < 1.29 is 18.0 Å². The number of halogens is 2. The van der Waals surface area contributed by atoms with Crippen LogP contribution in [0.4, 0.5) is 11.4 Å². The summed E-state index contributed by atoms with van der Waals surface area (Å²) in [7, 11) is -3.92. The number of benzene rings is 3. The van der Waals surface area contributed by atoms with Crippen molar-refractivity contribution >= 4 is 56.4 Å². The van der Waals surface area contributed by atoms with Crippen molar-refractivity contribution in [1.82, 2.24) is 0 Å². The van der Waals surface area contributed by atoms with E-state index in [1.807, 2.05) is 0 Å². The first-order chi connectivity index (χ1) is 13.8. The van der Waals surface area contributed by atoms with Crippen LogP contribution >= 0.6 is 23.2 Å². The highest BCUT2D eigenvalue weighted by Gasteiger charge is 2.36. The van der Waals surface area contributed by atoms with E-state index in [9.17, 15) is 18.0 Å². The predicted molar refractivity (Wildman–Crippen MR) is 111 cm³/mol. The number of fused-ring (bicyclic) bond motifs is 1. The minimum absolute atomic E-state index is 0.0473. The Bertz CT molecular complexity index is 1200. The van der Waals surface area contributed by atoms with Gasteiger partial charge in [0.05, 0.1) is 27.4 Å². The number of nitrogens with one attached hydrogen (secondary N) is 1. The first-order valence-electron chi connectivity index (χ1n) is 8.33. The van der Waals surface area contributed by atoms with Crippen molar-refractivity contribution in [3.05, 3.63) is 87.9 Å². The lowest BCUT2D eigenvalue weighted by Gasteiger charge is -2.15. The number of amides is 2. The molecule has 0 bridgehead atoms. The lowest BCUT2D eigenvalue weighted by Crippen LogP contribution is -2.29. The van der Waals surface area contributed by atoms with E-state index in [4.69, 9.17) is 23.2 Å². The summed E-state index contributed by atoms with van der Waals surface area (Å²) in [6.07, 6.45) is 0. The first-order valence-corrected chi connectivity index (χ1v) is 10.6. The van der Waals surface area contributed by atoms with Gasteiger partial charge in [-0.1, -0.05) is 35.3 Å². The van der Waals surface area contributed by atoms with E-state index in [1.165, 1.54) is 42.5 Å². The van der Waals surface area contributed by atoms with Crippen LogP contribution in [-0.4, -0.2) is 20.2 Å². The van der Waals surface area contributed by atoms with Gasteiger partial charge < -0.3 is 0 Å². The summed E-state index contributed by atoms with van der Waals surface area (Å²) in [4.78, 5) is 26.1. The smallest absolute Gasteiger partial charge is 0.266 e. The topological polar surface area (TPSA) is 83.6 Å². The molecule has 0 saturated carbocycles. The molecule has 1 aliphatic heterocycles. The van der Waals surface area contributed by atoms with Crippen molar-refractivity contribution in [1.29, 1.82) is 0 Å². The van der Waals surface area contributed by atoms with Gasteiger partial charge in [0.1, 0.15) is 0 Å². The van der Waals surface area contributed by atoms with Gasteiger partial charge in [-0.15, -0.1) is 0 Å². The number of carbonyl (C=O) groups is 2. The van der Waals surface area contributed by atoms with E-state index < -0.39 is 21.8 Å². The molecule has 2 amide bonds. The molecule has 1 N–H and O–H groups in total. The number of hydrogen-bond donors (Lipinski definition) is 1. The quantitative estimate of drug-likeness (QED) is 0.593. The maximum absolute atomic E-state index is 12.6. The molecule has 29 heavy (non-hydrogen) atoms. The maximum Gasteiger partial charge on any atom is 0.266 e. The van der Waals surface area contributed by atoms with Crippen molar-refractivity contribution in [3.63, 3.8) is 0 Å². The average Bonchev–Trinajstić information content (AvgIpc) is 2.92. The standard InChI is InChI=1S/C20H12Cl2N2O4S/c21-12-9-13(22)11-14(10-12)23-29(27,28)16-7-5-15(6-8-16)24-19(25)17-3-1-2-4-18(17)20(24)26/h1-11,23H. The highest BCUT2D eigenvalue weighted by Crippen LogP contribution is 2.30. The van der Waals surface area contributed by atoms with E-state index in [0.29, 0.717) is 11.1 Å². The van der Waals surface area contributed by atoms with Gasteiger partial charge in [0.25, 0.3) is 21.8 Å². The Morgan fingerprint density at radius 2 is 1.28 bits per heavy atom. The Morgan fingerprint density at radius 3 is 1.79 bits per heavy atom. The van der Waals surface area contributed by atoms with Gasteiger partial charge in [0.15, 0.2) is 0 Å². The summed E-state index contributed by atoms with van der Waals surface area (Å²) >= 11 is 11.8. The Balaban J connectivity index is 1.61. The molecule has 3 aromatic rings. The Kier molecular flexibility index (Phi) is 4.82. The van der Waals surface area contributed by atoms with Crippen LogP contribution < -0.4 is 9.62 Å². The highest BCUT2D eigenvalue weighted by molar-refractivity contribution is 7.92. The fourth-order valence-electron chi connectivity index (χ4n) is 3.02. The SMILES string of the molecule is O=C1c2ccccc2C(=O)N1c1ccc(S(=O)(=O)Nc2cc(Cl)cc(Cl)c2)cc1. The molecule has 0 spiro atoms. The molecular formula is C20H12Cl2N2O4S. The molecule has 0 aromatic heterocycles. The minimum atomic E-state index is -3.92. The van der Waals surface area contributed by atoms with Gasteiger partial charge in [-0.3, -0.25) is 14.3 Å². The summed E-state index contributed by atoms with van der Waals surface area (Å²) < 4.78 is 27.6. The third kappa shape index (κ3) is 3.60. The molecule has 9 heteroatoms. The van der Waals surface area contributed by atoms with E-state index >= 15 is 0 Å². The second-order valence-corrected chi connectivity index (χ2v) is 8.80. The van der Waals surface area contributed by atoms with Crippen molar-refractivity contribution in [2.45, 2.75) is 4.90 Å². The Labute approximate surface area is 176 Å². The molecule has 0 radical (unpaired) electrons. The second-order valence-electron chi connectivity index (χ2n) is 6.25. The molecule has 0 fully saturated rings. The molecule has 0 saturated heterocycles. The normalized spacial score (nSPS) is 13.5. The summed E-state index contributed by atoms with van der Waals surface area (Å²) in [5.41, 5.74) is 1.12. The molecule has 4 rings (SSSR count). The van der Waals surface area contributed by atoms with Crippen molar-refractivity contribution in [3.8, 4) is 0 Å². The number of hydrogen-bond acceptors (Lipinski definition) is 4. The number of carbonyl (C=O) groups excluding carboxylic acids is 2. The summed E-state index contributed by atoms with van der Waals surface area (Å²) in [5.74, 6) is -0.902. The number of imide groups is 1. The lowest BCUT2D eigenvalue weighted by molar-refractivity contribution is 0.0926. The number of anilines is 2. The fourth-order valence-corrected chi connectivity index (χ4v) is 4.59. The van der Waals surface area contributed by atoms with Crippen molar-refractivity contribution in [2.24, 2.45) is 0 Å². The molecular weight excluding hydrogens is 435 g/mol. The Hall–Kier alpha value is -2.87. The average molecular weight is 447 g/mol. The van der Waals surface area contributed by atoms with Crippen LogP contribution in [0.2, 0.25) is 10.0 Å². The van der Waals surface area contributed by atoms with Gasteiger partial charge in [-0.25, -0.2) is 13.3 Å². The zero-order valence-electron chi connectivity index (χ0n) is 14.6. The highest BCUT2D eigenvalue weighted by atomic mass is 35.5. The predicted octanol–water partition coefficient (Wildman–Crippen LogP) is 4.59. The third-order valence-corrected chi connectivity index (χ3v) is 6.15. The summed E-state index contributed by atoms with van der Waals surface area (Å²) in [6, 6.07) is 16.3. The largest absolute Gasteiger partial charge is 0.280 e. The molecule has 3 aromatic carbocycles. The van der Waals surface area contributed by atoms with E-state index in [1.54, 1.807) is 24.3 Å². The molecule has 0 atom stereocenters. The van der Waals surface area contributed by atoms with Gasteiger partial charge in [-0.05, 0) is 54.6 Å². The number of sulfonamides is 1. The van der Waals surface area contributed by atoms with Crippen LogP contribution in [0.5, 0.6) is 0 Å². The maximum atomic E-state index is 12.6. The third-order valence-electron chi connectivity index (χ3n) is 4.31. The van der Waals surface area contributed by atoms with Crippen LogP contribution in [-0.2, 0) is 10.0 Å². The van der Waals surface area contributed by atoms with Gasteiger partial charge in [0.2, 0.25) is 0 Å². The molecule has 1 heterocycles. The van der Waals surface area contributed by atoms with Gasteiger partial charge >= 0.3 is 0 Å². The molecule has 146 valence electrons. The lowest BCUT2D eigenvalue weighted by atomic mass is 10.1. The van der Waals surface area contributed by atoms with Gasteiger partial charge in [-0.2, -0.15) is 0 Å². The molecule has 6 nitrogen and oxygen atoms in total. The fraction of sp³-hybridized carbons (Fsp3) is 0. The second kappa shape index (κ2) is 7.18. The number of nitrogens with zero attached hydrogens (tertiary/aromatic N) is 1. The van der Waals surface area contributed by atoms with Crippen LogP contribution in [0.15, 0.2) is 71.6 Å². The minimum Gasteiger partial charge on any atom is -0.280 e. The van der Waals surface area contributed by atoms with Crippen molar-refractivity contribution in [2.75, 3.05) is 9.62 Å². The number of rotatable bonds is 4.